The number of hydrogen-bond donors (Lipinski definition) is 2. The lowest BCUT2D eigenvalue weighted by atomic mass is 10.3. The third-order valence-corrected chi connectivity index (χ3v) is 8.82. The molecule has 0 aliphatic rings. The highest BCUT2D eigenvalue weighted by molar-refractivity contribution is 7.93. The Morgan fingerprint density at radius 3 is 2.11 bits per heavy atom. The lowest BCUT2D eigenvalue weighted by Gasteiger charge is -2.24. The molecule has 9 nitrogen and oxygen atoms in total. The first kappa shape index (κ1) is 27.4. The molecule has 13 heteroatoms. The zero-order valence-corrected chi connectivity index (χ0v) is 22.6. The van der Waals surface area contributed by atoms with Gasteiger partial charge in [0, 0.05) is 21.9 Å². The molecule has 0 aliphatic carbocycles. The van der Waals surface area contributed by atoms with Gasteiger partial charge in [-0.05, 0) is 78.9 Å². The van der Waals surface area contributed by atoms with Gasteiger partial charge in [0.2, 0.25) is 5.91 Å². The van der Waals surface area contributed by atoms with Gasteiger partial charge in [0.1, 0.15) is 6.54 Å². The Morgan fingerprint density at radius 1 is 0.789 bits per heavy atom. The predicted molar refractivity (Wildman–Crippen MR) is 148 cm³/mol. The fourth-order valence-corrected chi connectivity index (χ4v) is 6.13. The van der Waals surface area contributed by atoms with Crippen LogP contribution in [-0.4, -0.2) is 34.3 Å². The van der Waals surface area contributed by atoms with Crippen molar-refractivity contribution in [1.29, 1.82) is 0 Å². The number of nitrogens with zero attached hydrogens (tertiary/aromatic N) is 2. The fourth-order valence-electron chi connectivity index (χ4n) is 3.37. The maximum Gasteiger partial charge on any atom is 0.264 e. The number of rotatable bonds is 9. The Balaban J connectivity index is 1.53. The number of nitrogens with one attached hydrogen (secondary N) is 2. The van der Waals surface area contributed by atoms with E-state index in [1.54, 1.807) is 24.3 Å². The second kappa shape index (κ2) is 11.4. The van der Waals surface area contributed by atoms with E-state index in [1.165, 1.54) is 73.1 Å². The van der Waals surface area contributed by atoms with Crippen LogP contribution in [0.3, 0.4) is 0 Å². The lowest BCUT2D eigenvalue weighted by molar-refractivity contribution is -0.114. The Hall–Kier alpha value is -3.64. The van der Waals surface area contributed by atoms with E-state index in [1.807, 2.05) is 0 Å². The average molecular weight is 591 g/mol. The molecular weight excluding hydrogens is 571 g/mol. The molecule has 2 N–H and O–H groups in total. The van der Waals surface area contributed by atoms with Crippen molar-refractivity contribution in [3.8, 4) is 0 Å². The third kappa shape index (κ3) is 6.62. The van der Waals surface area contributed by atoms with Gasteiger partial charge in [-0.3, -0.25) is 18.8 Å². The smallest absolute Gasteiger partial charge is 0.264 e. The lowest BCUT2D eigenvalue weighted by Crippen LogP contribution is -2.38. The molecule has 1 amide bonds. The zero-order chi connectivity index (χ0) is 27.3. The summed E-state index contributed by atoms with van der Waals surface area (Å²) in [4.78, 5) is 16.7. The second-order valence-electron chi connectivity index (χ2n) is 7.87. The molecule has 0 saturated carbocycles. The number of carbonyl (C=O) groups excluding carboxylic acids is 1. The van der Waals surface area contributed by atoms with Crippen molar-refractivity contribution in [3.05, 3.63) is 107 Å². The SMILES string of the molecule is O=C(CN(c1cccc(Cl)c1)S(=O)(=O)c1ccc(Cl)cc1)Nc1ccc(S(=O)(=O)Nc2cccnc2)cc1. The summed E-state index contributed by atoms with van der Waals surface area (Å²) in [5.74, 6) is -0.661. The van der Waals surface area contributed by atoms with E-state index in [0.717, 1.165) is 4.31 Å². The van der Waals surface area contributed by atoms with Crippen LogP contribution in [0, 0.1) is 0 Å². The molecule has 0 aliphatic heterocycles. The van der Waals surface area contributed by atoms with Gasteiger partial charge in [0.05, 0.1) is 27.4 Å². The topological polar surface area (TPSA) is 126 Å². The molecule has 4 rings (SSSR count). The quantitative estimate of drug-likeness (QED) is 0.282. The third-order valence-electron chi connectivity index (χ3n) is 5.15. The van der Waals surface area contributed by atoms with Gasteiger partial charge < -0.3 is 5.32 Å². The van der Waals surface area contributed by atoms with Crippen LogP contribution in [0.15, 0.2) is 107 Å². The van der Waals surface area contributed by atoms with Gasteiger partial charge in [-0.2, -0.15) is 0 Å². The van der Waals surface area contributed by atoms with Crippen molar-refractivity contribution < 1.29 is 21.6 Å². The number of sulfonamides is 2. The molecular formula is C25H20Cl2N4O5S2. The number of halogens is 2. The molecule has 0 radical (unpaired) electrons. The number of pyridine rings is 1. The van der Waals surface area contributed by atoms with Gasteiger partial charge in [0.15, 0.2) is 0 Å². The Labute approximate surface area is 230 Å². The summed E-state index contributed by atoms with van der Waals surface area (Å²) in [6.45, 7) is -0.575. The van der Waals surface area contributed by atoms with E-state index in [4.69, 9.17) is 23.2 Å². The number of carbonyl (C=O) groups is 1. The van der Waals surface area contributed by atoms with E-state index >= 15 is 0 Å². The van der Waals surface area contributed by atoms with Crippen LogP contribution < -0.4 is 14.3 Å². The molecule has 0 bridgehead atoms. The van der Waals surface area contributed by atoms with Crippen molar-refractivity contribution in [2.45, 2.75) is 9.79 Å². The van der Waals surface area contributed by atoms with Gasteiger partial charge in [-0.25, -0.2) is 16.8 Å². The van der Waals surface area contributed by atoms with Crippen LogP contribution in [0.5, 0.6) is 0 Å². The average Bonchev–Trinajstić information content (AvgIpc) is 2.88. The number of aromatic nitrogens is 1. The molecule has 0 unspecified atom stereocenters. The van der Waals surface area contributed by atoms with Crippen LogP contribution in [0.1, 0.15) is 0 Å². The first-order valence-corrected chi connectivity index (χ1v) is 14.6. The first-order chi connectivity index (χ1) is 18.0. The van der Waals surface area contributed by atoms with Crippen molar-refractivity contribution in [2.24, 2.45) is 0 Å². The van der Waals surface area contributed by atoms with Crippen molar-refractivity contribution in [3.63, 3.8) is 0 Å². The van der Waals surface area contributed by atoms with Gasteiger partial charge in [-0.1, -0.05) is 29.3 Å². The summed E-state index contributed by atoms with van der Waals surface area (Å²) >= 11 is 12.0. The summed E-state index contributed by atoms with van der Waals surface area (Å²) in [7, 11) is -8.05. The molecule has 0 fully saturated rings. The van der Waals surface area contributed by atoms with Crippen LogP contribution in [-0.2, 0) is 24.8 Å². The van der Waals surface area contributed by atoms with E-state index in [-0.39, 0.29) is 26.2 Å². The van der Waals surface area contributed by atoms with E-state index < -0.39 is 32.5 Å². The number of amides is 1. The summed E-state index contributed by atoms with van der Waals surface area (Å²) < 4.78 is 55.4. The summed E-state index contributed by atoms with van der Waals surface area (Å²) in [6, 6.07) is 20.2. The standard InChI is InChI=1S/C25H20Cl2N4O5S2/c26-18-6-10-24(11-7-18)38(35,36)31(22-5-1-3-19(27)15-22)17-25(32)29-20-8-12-23(13-9-20)37(33,34)30-21-4-2-14-28-16-21/h1-16,30H,17H2,(H,29,32). The van der Waals surface area contributed by atoms with E-state index in [9.17, 15) is 21.6 Å². The molecule has 1 heterocycles. The predicted octanol–water partition coefficient (Wildman–Crippen LogP) is 5.02. The second-order valence-corrected chi connectivity index (χ2v) is 12.3. The minimum atomic E-state index is -4.17. The van der Waals surface area contributed by atoms with Crippen molar-refractivity contribution in [2.75, 3.05) is 20.9 Å². The molecule has 196 valence electrons. The fraction of sp³-hybridized carbons (Fsp3) is 0.0400. The number of anilines is 3. The van der Waals surface area contributed by atoms with Crippen LogP contribution in [0.2, 0.25) is 10.0 Å². The Morgan fingerprint density at radius 2 is 1.47 bits per heavy atom. The van der Waals surface area contributed by atoms with Crippen LogP contribution in [0.25, 0.3) is 0 Å². The molecule has 0 saturated heterocycles. The molecule has 0 spiro atoms. The molecule has 38 heavy (non-hydrogen) atoms. The molecule has 0 atom stereocenters. The number of hydrogen-bond acceptors (Lipinski definition) is 6. The largest absolute Gasteiger partial charge is 0.325 e. The minimum absolute atomic E-state index is 0.0368. The summed E-state index contributed by atoms with van der Waals surface area (Å²) in [6.07, 6.45) is 2.89. The maximum absolute atomic E-state index is 13.4. The van der Waals surface area contributed by atoms with Crippen LogP contribution in [0.4, 0.5) is 17.1 Å². The highest BCUT2D eigenvalue weighted by Gasteiger charge is 2.27. The van der Waals surface area contributed by atoms with E-state index in [2.05, 4.69) is 15.0 Å². The van der Waals surface area contributed by atoms with Gasteiger partial charge >= 0.3 is 0 Å². The minimum Gasteiger partial charge on any atom is -0.325 e. The number of benzene rings is 3. The maximum atomic E-state index is 13.4. The molecule has 3 aromatic carbocycles. The molecule has 1 aromatic heterocycles. The summed E-state index contributed by atoms with van der Waals surface area (Å²) in [5.41, 5.74) is 0.753. The van der Waals surface area contributed by atoms with E-state index in [0.29, 0.717) is 10.7 Å². The van der Waals surface area contributed by atoms with Crippen molar-refractivity contribution >= 4 is 66.2 Å². The van der Waals surface area contributed by atoms with Crippen LogP contribution >= 0.6 is 23.2 Å². The molecule has 4 aromatic rings. The summed E-state index contributed by atoms with van der Waals surface area (Å²) in [5, 5.41) is 3.24. The van der Waals surface area contributed by atoms with Crippen molar-refractivity contribution in [1.82, 2.24) is 4.98 Å². The normalized spacial score (nSPS) is 11.5. The Bertz CT molecular complexity index is 1650. The first-order valence-electron chi connectivity index (χ1n) is 10.9. The monoisotopic (exact) mass is 590 g/mol. The zero-order valence-electron chi connectivity index (χ0n) is 19.5. The van der Waals surface area contributed by atoms with Gasteiger partial charge in [0.25, 0.3) is 20.0 Å². The highest BCUT2D eigenvalue weighted by atomic mass is 35.5. The Kier molecular flexibility index (Phi) is 8.22. The highest BCUT2D eigenvalue weighted by Crippen LogP contribution is 2.27. The van der Waals surface area contributed by atoms with Gasteiger partial charge in [-0.15, -0.1) is 0 Å².